The molecule has 1 fully saturated rings. The van der Waals surface area contributed by atoms with Gasteiger partial charge in [0.25, 0.3) is 0 Å². The Labute approximate surface area is 106 Å². The molecule has 17 heavy (non-hydrogen) atoms. The van der Waals surface area contributed by atoms with Crippen molar-refractivity contribution >= 4 is 22.4 Å². The fourth-order valence-corrected chi connectivity index (χ4v) is 3.05. The van der Waals surface area contributed by atoms with Crippen molar-refractivity contribution in [3.8, 4) is 0 Å². The molecular weight excluding hydrogens is 236 g/mol. The first-order valence-corrected chi connectivity index (χ1v) is 6.62. The molecule has 2 heterocycles. The van der Waals surface area contributed by atoms with Crippen molar-refractivity contribution in [3.63, 3.8) is 0 Å². The summed E-state index contributed by atoms with van der Waals surface area (Å²) >= 11 is 1.41. The van der Waals surface area contributed by atoms with E-state index in [0.717, 1.165) is 18.2 Å². The Morgan fingerprint density at radius 3 is 3.00 bits per heavy atom. The van der Waals surface area contributed by atoms with Crippen molar-refractivity contribution in [3.05, 3.63) is 11.1 Å². The average molecular weight is 254 g/mol. The van der Waals surface area contributed by atoms with Gasteiger partial charge in [0.15, 0.2) is 5.13 Å². The molecule has 1 saturated heterocycles. The third kappa shape index (κ3) is 2.77. The third-order valence-electron chi connectivity index (χ3n) is 3.05. The number of esters is 1. The van der Waals surface area contributed by atoms with Crippen molar-refractivity contribution in [1.82, 2.24) is 4.98 Å². The van der Waals surface area contributed by atoms with Crippen LogP contribution in [0.5, 0.6) is 0 Å². The minimum atomic E-state index is -0.301. The summed E-state index contributed by atoms with van der Waals surface area (Å²) < 4.78 is 4.69. The number of thiazole rings is 1. The molecule has 1 aliphatic rings. The normalized spacial score (nSPS) is 19.1. The van der Waals surface area contributed by atoms with Gasteiger partial charge in [0.05, 0.1) is 13.3 Å². The van der Waals surface area contributed by atoms with E-state index in [0.29, 0.717) is 10.3 Å². The van der Waals surface area contributed by atoms with Crippen molar-refractivity contribution in [2.75, 3.05) is 25.1 Å². The number of hydrogen-bond donors (Lipinski definition) is 0. The summed E-state index contributed by atoms with van der Waals surface area (Å²) in [6.07, 6.45) is 4.03. The molecule has 0 aliphatic carbocycles. The van der Waals surface area contributed by atoms with Crippen LogP contribution in [0.4, 0.5) is 5.13 Å². The van der Waals surface area contributed by atoms with Crippen molar-refractivity contribution < 1.29 is 9.53 Å². The van der Waals surface area contributed by atoms with Gasteiger partial charge in [0, 0.05) is 13.1 Å². The van der Waals surface area contributed by atoms with Gasteiger partial charge in [-0.25, -0.2) is 9.78 Å². The molecule has 2 rings (SSSR count). The van der Waals surface area contributed by atoms with Gasteiger partial charge >= 0.3 is 5.97 Å². The number of hydrogen-bond acceptors (Lipinski definition) is 5. The van der Waals surface area contributed by atoms with E-state index in [4.69, 9.17) is 4.74 Å². The molecule has 0 saturated carbocycles. The Kier molecular flexibility index (Phi) is 3.38. The number of piperidine rings is 1. The second-order valence-electron chi connectivity index (χ2n) is 5.19. The summed E-state index contributed by atoms with van der Waals surface area (Å²) in [5.74, 6) is -0.301. The minimum Gasteiger partial charge on any atom is -0.465 e. The van der Waals surface area contributed by atoms with E-state index in [2.05, 4.69) is 23.7 Å². The Balaban J connectivity index is 2.12. The highest BCUT2D eigenvalue weighted by atomic mass is 32.1. The number of methoxy groups -OCH3 is 1. The Hall–Kier alpha value is -1.10. The zero-order chi connectivity index (χ0) is 12.5. The SMILES string of the molecule is COC(=O)c1cnc(N2CCCC(C)(C)C2)s1. The predicted octanol–water partition coefficient (Wildman–Crippen LogP) is 2.56. The Morgan fingerprint density at radius 2 is 2.35 bits per heavy atom. The maximum Gasteiger partial charge on any atom is 0.349 e. The monoisotopic (exact) mass is 254 g/mol. The predicted molar refractivity (Wildman–Crippen MR) is 68.7 cm³/mol. The van der Waals surface area contributed by atoms with Gasteiger partial charge in [-0.1, -0.05) is 25.2 Å². The zero-order valence-electron chi connectivity index (χ0n) is 10.5. The summed E-state index contributed by atoms with van der Waals surface area (Å²) in [4.78, 5) is 18.5. The first kappa shape index (κ1) is 12.4. The molecule has 5 heteroatoms. The summed E-state index contributed by atoms with van der Waals surface area (Å²) in [5, 5.41) is 0.929. The molecule has 4 nitrogen and oxygen atoms in total. The maximum atomic E-state index is 11.4. The van der Waals surface area contributed by atoms with Gasteiger partial charge < -0.3 is 9.64 Å². The van der Waals surface area contributed by atoms with E-state index in [-0.39, 0.29) is 5.97 Å². The van der Waals surface area contributed by atoms with E-state index < -0.39 is 0 Å². The largest absolute Gasteiger partial charge is 0.465 e. The van der Waals surface area contributed by atoms with Crippen molar-refractivity contribution in [2.45, 2.75) is 26.7 Å². The lowest BCUT2D eigenvalue weighted by Gasteiger charge is -2.37. The minimum absolute atomic E-state index is 0.301. The Bertz CT molecular complexity index is 414. The fourth-order valence-electron chi connectivity index (χ4n) is 2.19. The van der Waals surface area contributed by atoms with Crippen LogP contribution in [0, 0.1) is 5.41 Å². The van der Waals surface area contributed by atoms with Gasteiger partial charge in [-0.15, -0.1) is 0 Å². The molecule has 0 radical (unpaired) electrons. The zero-order valence-corrected chi connectivity index (χ0v) is 11.3. The van der Waals surface area contributed by atoms with Gasteiger partial charge in [-0.2, -0.15) is 0 Å². The molecule has 0 aromatic carbocycles. The van der Waals surface area contributed by atoms with Crippen LogP contribution in [0.15, 0.2) is 6.20 Å². The number of anilines is 1. The molecule has 1 aromatic rings. The molecule has 94 valence electrons. The lowest BCUT2D eigenvalue weighted by molar-refractivity contribution is 0.0606. The topological polar surface area (TPSA) is 42.4 Å². The van der Waals surface area contributed by atoms with E-state index >= 15 is 0 Å². The summed E-state index contributed by atoms with van der Waals surface area (Å²) in [7, 11) is 1.39. The van der Waals surface area contributed by atoms with Gasteiger partial charge in [-0.3, -0.25) is 0 Å². The van der Waals surface area contributed by atoms with Crippen LogP contribution < -0.4 is 4.90 Å². The van der Waals surface area contributed by atoms with Crippen LogP contribution in [0.1, 0.15) is 36.4 Å². The lowest BCUT2D eigenvalue weighted by atomic mass is 9.84. The van der Waals surface area contributed by atoms with Gasteiger partial charge in [0.1, 0.15) is 4.88 Å². The number of carbonyl (C=O) groups is 1. The van der Waals surface area contributed by atoms with Crippen LogP contribution >= 0.6 is 11.3 Å². The van der Waals surface area contributed by atoms with E-state index in [1.807, 2.05) is 0 Å². The van der Waals surface area contributed by atoms with Crippen LogP contribution in [0.25, 0.3) is 0 Å². The van der Waals surface area contributed by atoms with Crippen molar-refractivity contribution in [2.24, 2.45) is 5.41 Å². The first-order chi connectivity index (χ1) is 8.02. The number of nitrogens with zero attached hydrogens (tertiary/aromatic N) is 2. The second kappa shape index (κ2) is 4.64. The fraction of sp³-hybridized carbons (Fsp3) is 0.667. The summed E-state index contributed by atoms with van der Waals surface area (Å²) in [6, 6.07) is 0. The molecule has 0 atom stereocenters. The maximum absolute atomic E-state index is 11.4. The van der Waals surface area contributed by atoms with Crippen LogP contribution in [-0.2, 0) is 4.74 Å². The highest BCUT2D eigenvalue weighted by Gasteiger charge is 2.28. The number of aromatic nitrogens is 1. The van der Waals surface area contributed by atoms with Crippen LogP contribution in [0.3, 0.4) is 0 Å². The van der Waals surface area contributed by atoms with E-state index in [1.165, 1.54) is 31.3 Å². The third-order valence-corrected chi connectivity index (χ3v) is 4.09. The molecular formula is C12H18N2O2S. The number of ether oxygens (including phenoxy) is 1. The smallest absolute Gasteiger partial charge is 0.349 e. The molecule has 0 spiro atoms. The Morgan fingerprint density at radius 1 is 1.59 bits per heavy atom. The van der Waals surface area contributed by atoms with Gasteiger partial charge in [0.2, 0.25) is 0 Å². The van der Waals surface area contributed by atoms with Crippen LogP contribution in [-0.4, -0.2) is 31.2 Å². The first-order valence-electron chi connectivity index (χ1n) is 5.81. The molecule has 0 amide bonds. The summed E-state index contributed by atoms with van der Waals surface area (Å²) in [6.45, 7) is 6.57. The average Bonchev–Trinajstić information content (AvgIpc) is 2.76. The summed E-state index contributed by atoms with van der Waals surface area (Å²) in [5.41, 5.74) is 0.329. The van der Waals surface area contributed by atoms with E-state index in [1.54, 1.807) is 6.20 Å². The van der Waals surface area contributed by atoms with Gasteiger partial charge in [-0.05, 0) is 18.3 Å². The van der Waals surface area contributed by atoms with Crippen LogP contribution in [0.2, 0.25) is 0 Å². The molecule has 1 aromatic heterocycles. The number of rotatable bonds is 2. The highest BCUT2D eigenvalue weighted by molar-refractivity contribution is 7.17. The molecule has 0 N–H and O–H groups in total. The standard InChI is InChI=1S/C12H18N2O2S/c1-12(2)5-4-6-14(8-12)11-13-7-9(17-11)10(15)16-3/h7H,4-6,8H2,1-3H3. The van der Waals surface area contributed by atoms with E-state index in [9.17, 15) is 4.79 Å². The molecule has 0 bridgehead atoms. The molecule has 1 aliphatic heterocycles. The highest BCUT2D eigenvalue weighted by Crippen LogP contribution is 2.33. The molecule has 0 unspecified atom stereocenters. The quantitative estimate of drug-likeness (QED) is 0.761. The lowest BCUT2D eigenvalue weighted by Crippen LogP contribution is -2.39. The van der Waals surface area contributed by atoms with Crippen molar-refractivity contribution in [1.29, 1.82) is 0 Å². The second-order valence-corrected chi connectivity index (χ2v) is 6.20. The number of carbonyl (C=O) groups excluding carboxylic acids is 1.